The standard InChI is InChI=1S/C22H23ClN2O5S/c23-12-7-5-11(6-8-12)17-13-3-1-2-4-15(13)25(22(31)14(17)9-24)21-20(29)19(28)18(27)16(10-26)30-21/h5-8,16,18-21,26-29H,1-4,10H2/t16-,18+,19+,20+,21+/m0/s1. The van der Waals surface area contributed by atoms with Gasteiger partial charge in [-0.1, -0.05) is 36.0 Å². The fraction of sp³-hybridized carbons (Fsp3) is 0.455. The summed E-state index contributed by atoms with van der Waals surface area (Å²) < 4.78 is 7.55. The molecule has 164 valence electrons. The maximum absolute atomic E-state index is 10.7. The second-order valence-corrected chi connectivity index (χ2v) is 8.72. The molecule has 0 radical (unpaired) electrons. The monoisotopic (exact) mass is 462 g/mol. The summed E-state index contributed by atoms with van der Waals surface area (Å²) in [6.07, 6.45) is -3.48. The summed E-state index contributed by atoms with van der Waals surface area (Å²) in [4.78, 5) is 0. The van der Waals surface area contributed by atoms with Gasteiger partial charge < -0.3 is 29.7 Å². The first-order valence-electron chi connectivity index (χ1n) is 10.2. The van der Waals surface area contributed by atoms with Crippen molar-refractivity contribution in [3.05, 3.63) is 50.7 Å². The average molecular weight is 463 g/mol. The normalized spacial score (nSPS) is 28.1. The molecule has 9 heteroatoms. The van der Waals surface area contributed by atoms with Gasteiger partial charge in [0.05, 0.1) is 12.2 Å². The highest BCUT2D eigenvalue weighted by atomic mass is 35.5. The molecule has 31 heavy (non-hydrogen) atoms. The average Bonchev–Trinajstić information content (AvgIpc) is 2.78. The molecule has 1 aliphatic heterocycles. The Morgan fingerprint density at radius 2 is 1.77 bits per heavy atom. The van der Waals surface area contributed by atoms with Crippen molar-refractivity contribution in [2.75, 3.05) is 6.61 Å². The number of nitrogens with zero attached hydrogens (tertiary/aromatic N) is 2. The van der Waals surface area contributed by atoms with E-state index in [1.807, 2.05) is 12.1 Å². The molecule has 4 rings (SSSR count). The Morgan fingerprint density at radius 3 is 2.42 bits per heavy atom. The lowest BCUT2D eigenvalue weighted by Gasteiger charge is -2.42. The molecular formula is C22H23ClN2O5S. The molecule has 0 bridgehead atoms. The van der Waals surface area contributed by atoms with Crippen LogP contribution >= 0.6 is 23.8 Å². The van der Waals surface area contributed by atoms with E-state index < -0.39 is 37.3 Å². The van der Waals surface area contributed by atoms with E-state index in [1.165, 1.54) is 0 Å². The Bertz CT molecular complexity index is 1080. The number of aromatic nitrogens is 1. The number of benzene rings is 1. The molecule has 0 spiro atoms. The summed E-state index contributed by atoms with van der Waals surface area (Å²) in [6, 6.07) is 9.42. The van der Waals surface area contributed by atoms with E-state index in [2.05, 4.69) is 6.07 Å². The van der Waals surface area contributed by atoms with Gasteiger partial charge >= 0.3 is 0 Å². The number of aliphatic hydroxyl groups excluding tert-OH is 4. The molecule has 0 amide bonds. The summed E-state index contributed by atoms with van der Waals surface area (Å²) in [5.74, 6) is 0. The molecule has 2 aromatic rings. The third-order valence-corrected chi connectivity index (χ3v) is 6.73. The van der Waals surface area contributed by atoms with E-state index in [4.69, 9.17) is 28.6 Å². The maximum Gasteiger partial charge on any atom is 0.164 e. The van der Waals surface area contributed by atoms with Crippen molar-refractivity contribution in [1.82, 2.24) is 4.57 Å². The van der Waals surface area contributed by atoms with Gasteiger partial charge in [-0.3, -0.25) is 0 Å². The first kappa shape index (κ1) is 22.4. The van der Waals surface area contributed by atoms with Gasteiger partial charge in [0.15, 0.2) is 6.23 Å². The van der Waals surface area contributed by atoms with Crippen LogP contribution in [0.4, 0.5) is 0 Å². The summed E-state index contributed by atoms with van der Waals surface area (Å²) in [7, 11) is 0. The lowest BCUT2D eigenvalue weighted by Crippen LogP contribution is -2.57. The Labute approximate surface area is 189 Å². The Hall–Kier alpha value is -1.83. The Morgan fingerprint density at radius 1 is 1.10 bits per heavy atom. The number of halogens is 1. The third kappa shape index (κ3) is 3.81. The summed E-state index contributed by atoms with van der Waals surface area (Å²) >= 11 is 11.7. The number of fused-ring (bicyclic) bond motifs is 1. The molecule has 1 aliphatic carbocycles. The molecule has 4 N–H and O–H groups in total. The highest BCUT2D eigenvalue weighted by molar-refractivity contribution is 7.71. The first-order valence-corrected chi connectivity index (χ1v) is 10.9. The van der Waals surface area contributed by atoms with Crippen LogP contribution < -0.4 is 0 Å². The minimum Gasteiger partial charge on any atom is -0.394 e. The molecule has 5 atom stereocenters. The van der Waals surface area contributed by atoms with E-state index in [0.717, 1.165) is 41.6 Å². The molecule has 0 unspecified atom stereocenters. The van der Waals surface area contributed by atoms with Crippen LogP contribution in [0.15, 0.2) is 24.3 Å². The van der Waals surface area contributed by atoms with Crippen molar-refractivity contribution >= 4 is 23.8 Å². The first-order chi connectivity index (χ1) is 14.9. The minimum absolute atomic E-state index is 0.178. The van der Waals surface area contributed by atoms with E-state index in [-0.39, 0.29) is 10.2 Å². The Balaban J connectivity index is 1.96. The van der Waals surface area contributed by atoms with Crippen molar-refractivity contribution in [3.63, 3.8) is 0 Å². The van der Waals surface area contributed by atoms with Gasteiger partial charge in [-0.05, 0) is 48.9 Å². The van der Waals surface area contributed by atoms with Gasteiger partial charge in [-0.2, -0.15) is 5.26 Å². The van der Waals surface area contributed by atoms with Gasteiger partial charge in [-0.15, -0.1) is 0 Å². The van der Waals surface area contributed by atoms with E-state index in [1.54, 1.807) is 16.7 Å². The fourth-order valence-electron chi connectivity index (χ4n) is 4.53. The van der Waals surface area contributed by atoms with E-state index in [9.17, 15) is 25.7 Å². The Kier molecular flexibility index (Phi) is 6.47. The van der Waals surface area contributed by atoms with E-state index >= 15 is 0 Å². The molecule has 1 aromatic carbocycles. The molecule has 2 aliphatic rings. The topological polar surface area (TPSA) is 119 Å². The molecule has 7 nitrogen and oxygen atoms in total. The minimum atomic E-state index is -1.53. The van der Waals surface area contributed by atoms with Gasteiger partial charge in [0, 0.05) is 16.3 Å². The van der Waals surface area contributed by atoms with Crippen LogP contribution in [-0.2, 0) is 17.6 Å². The number of nitriles is 1. The number of ether oxygens (including phenoxy) is 1. The van der Waals surface area contributed by atoms with Crippen LogP contribution in [0.2, 0.25) is 5.02 Å². The number of aliphatic hydroxyl groups is 4. The van der Waals surface area contributed by atoms with Crippen LogP contribution in [0.5, 0.6) is 0 Å². The van der Waals surface area contributed by atoms with Crippen LogP contribution in [-0.4, -0.2) is 56.0 Å². The summed E-state index contributed by atoms with van der Waals surface area (Å²) in [5, 5.41) is 51.3. The van der Waals surface area contributed by atoms with Crippen molar-refractivity contribution in [1.29, 1.82) is 5.26 Å². The second kappa shape index (κ2) is 8.96. The highest BCUT2D eigenvalue weighted by Crippen LogP contribution is 2.39. The SMILES string of the molecule is N#Cc1c(-c2ccc(Cl)cc2)c2c(n([C@@H]3O[C@@H](CO)[C@@H](O)[C@@H](O)[C@H]3O)c1=S)CCCC2. The fourth-order valence-corrected chi connectivity index (χ4v) is 5.02. The number of pyridine rings is 1. The van der Waals surface area contributed by atoms with Crippen molar-refractivity contribution in [2.45, 2.75) is 56.3 Å². The van der Waals surface area contributed by atoms with E-state index in [0.29, 0.717) is 11.4 Å². The van der Waals surface area contributed by atoms with Crippen LogP contribution in [0.3, 0.4) is 0 Å². The highest BCUT2D eigenvalue weighted by Gasteiger charge is 2.45. The van der Waals surface area contributed by atoms with Crippen molar-refractivity contribution in [2.24, 2.45) is 0 Å². The predicted octanol–water partition coefficient (Wildman–Crippen LogP) is 2.26. The van der Waals surface area contributed by atoms with Crippen LogP contribution in [0, 0.1) is 16.0 Å². The van der Waals surface area contributed by atoms with Crippen molar-refractivity contribution in [3.8, 4) is 17.2 Å². The second-order valence-electron chi connectivity index (χ2n) is 7.90. The largest absolute Gasteiger partial charge is 0.394 e. The zero-order valence-electron chi connectivity index (χ0n) is 16.6. The van der Waals surface area contributed by atoms with Crippen molar-refractivity contribution < 1.29 is 25.2 Å². The van der Waals surface area contributed by atoms with Crippen LogP contribution in [0.25, 0.3) is 11.1 Å². The molecule has 1 aromatic heterocycles. The number of hydrogen-bond donors (Lipinski definition) is 4. The van der Waals surface area contributed by atoms with Crippen LogP contribution in [0.1, 0.15) is 35.9 Å². The van der Waals surface area contributed by atoms with Gasteiger partial charge in [0.1, 0.15) is 35.1 Å². The maximum atomic E-state index is 10.7. The predicted molar refractivity (Wildman–Crippen MR) is 116 cm³/mol. The molecule has 1 saturated heterocycles. The zero-order chi connectivity index (χ0) is 22.3. The molecule has 2 heterocycles. The van der Waals surface area contributed by atoms with Gasteiger partial charge in [0.25, 0.3) is 0 Å². The summed E-state index contributed by atoms with van der Waals surface area (Å²) in [5.41, 5.74) is 3.61. The third-order valence-electron chi connectivity index (χ3n) is 6.08. The lowest BCUT2D eigenvalue weighted by molar-refractivity contribution is -0.252. The quantitative estimate of drug-likeness (QED) is 0.516. The molecule has 1 fully saturated rings. The number of rotatable bonds is 3. The molecule has 0 saturated carbocycles. The number of hydrogen-bond acceptors (Lipinski definition) is 7. The smallest absolute Gasteiger partial charge is 0.164 e. The summed E-state index contributed by atoms with van der Waals surface area (Å²) in [6.45, 7) is -0.537. The van der Waals surface area contributed by atoms with Gasteiger partial charge in [0.2, 0.25) is 0 Å². The zero-order valence-corrected chi connectivity index (χ0v) is 18.2. The molecular weight excluding hydrogens is 440 g/mol. The van der Waals surface area contributed by atoms with Gasteiger partial charge in [-0.25, -0.2) is 0 Å². The lowest BCUT2D eigenvalue weighted by atomic mass is 9.86.